The molecular formula is C41H24N2OS. The van der Waals surface area contributed by atoms with E-state index in [0.717, 1.165) is 55.3 Å². The molecular weight excluding hydrogens is 569 g/mol. The smallest absolute Gasteiger partial charge is 0.160 e. The first-order chi connectivity index (χ1) is 22.3. The van der Waals surface area contributed by atoms with Crippen molar-refractivity contribution in [2.45, 2.75) is 5.41 Å². The largest absolute Gasteiger partial charge is 0.457 e. The molecule has 0 fully saturated rings. The van der Waals surface area contributed by atoms with E-state index in [4.69, 9.17) is 14.7 Å². The van der Waals surface area contributed by atoms with E-state index >= 15 is 0 Å². The number of ether oxygens (including phenoxy) is 1. The first-order valence-electron chi connectivity index (χ1n) is 15.2. The van der Waals surface area contributed by atoms with Crippen LogP contribution in [0.4, 0.5) is 0 Å². The van der Waals surface area contributed by atoms with E-state index in [1.165, 1.54) is 32.5 Å². The standard InChI is InChI=1S/C41H24N2OS/c1-2-12-25(13-3-1)40-42-37(39-38(43-40)29-16-6-11-21-36(29)45-39)26-22-23-33-35(24-26)44-34-20-10-9-19-32(34)41(33)30-17-7-4-14-27(30)28-15-5-8-18-31(28)41/h1-24H. The summed E-state index contributed by atoms with van der Waals surface area (Å²) in [6, 6.07) is 51.6. The second-order valence-electron chi connectivity index (χ2n) is 11.7. The molecule has 0 unspecified atom stereocenters. The summed E-state index contributed by atoms with van der Waals surface area (Å²) in [5.74, 6) is 2.46. The highest BCUT2D eigenvalue weighted by atomic mass is 32.1. The topological polar surface area (TPSA) is 35.0 Å². The van der Waals surface area contributed by atoms with E-state index in [1.807, 2.05) is 18.2 Å². The van der Waals surface area contributed by atoms with Crippen molar-refractivity contribution in [3.8, 4) is 45.3 Å². The lowest BCUT2D eigenvalue weighted by Crippen LogP contribution is -2.32. The average Bonchev–Trinajstić information content (AvgIpc) is 3.63. The summed E-state index contributed by atoms with van der Waals surface area (Å²) in [6.45, 7) is 0. The molecule has 1 aliphatic heterocycles. The SMILES string of the molecule is c1ccc(-c2nc(-c3ccc4c(c3)Oc3ccccc3C43c4ccccc4-c4ccccc43)c3sc4ccccc4c3n2)cc1. The normalized spacial score (nSPS) is 13.7. The zero-order chi connectivity index (χ0) is 29.5. The van der Waals surface area contributed by atoms with Gasteiger partial charge >= 0.3 is 0 Å². The minimum absolute atomic E-state index is 0.482. The highest BCUT2D eigenvalue weighted by molar-refractivity contribution is 7.26. The molecule has 0 saturated heterocycles. The lowest BCUT2D eigenvalue weighted by molar-refractivity contribution is 0.436. The van der Waals surface area contributed by atoms with Crippen LogP contribution in [0, 0.1) is 0 Å². The lowest BCUT2D eigenvalue weighted by Gasteiger charge is -2.39. The molecule has 2 aromatic heterocycles. The predicted molar refractivity (Wildman–Crippen MR) is 183 cm³/mol. The summed E-state index contributed by atoms with van der Waals surface area (Å²) in [4.78, 5) is 10.3. The highest BCUT2D eigenvalue weighted by Gasteiger charge is 2.50. The first-order valence-corrected chi connectivity index (χ1v) is 16.0. The Hall–Kier alpha value is -5.58. The number of hydrogen-bond acceptors (Lipinski definition) is 4. The van der Waals surface area contributed by atoms with Crippen molar-refractivity contribution in [3.05, 3.63) is 168 Å². The lowest BCUT2D eigenvalue weighted by atomic mass is 9.66. The molecule has 3 heterocycles. The Kier molecular flexibility index (Phi) is 5.08. The van der Waals surface area contributed by atoms with Crippen molar-refractivity contribution in [1.82, 2.24) is 9.97 Å². The number of benzene rings is 6. The molecule has 0 bridgehead atoms. The third kappa shape index (κ3) is 3.35. The van der Waals surface area contributed by atoms with E-state index in [-0.39, 0.29) is 0 Å². The van der Waals surface area contributed by atoms with Crippen molar-refractivity contribution in [2.24, 2.45) is 0 Å². The third-order valence-corrected chi connectivity index (χ3v) is 10.5. The van der Waals surface area contributed by atoms with Crippen LogP contribution < -0.4 is 4.74 Å². The van der Waals surface area contributed by atoms with Crippen LogP contribution in [0.1, 0.15) is 22.3 Å². The van der Waals surface area contributed by atoms with Crippen molar-refractivity contribution in [3.63, 3.8) is 0 Å². The van der Waals surface area contributed by atoms with Gasteiger partial charge in [-0.25, -0.2) is 9.97 Å². The number of hydrogen-bond donors (Lipinski definition) is 0. The van der Waals surface area contributed by atoms with E-state index in [1.54, 1.807) is 11.3 Å². The second-order valence-corrected chi connectivity index (χ2v) is 12.7. The molecule has 0 saturated carbocycles. The van der Waals surface area contributed by atoms with Gasteiger partial charge in [0.15, 0.2) is 5.82 Å². The number of fused-ring (bicyclic) bond motifs is 12. The van der Waals surface area contributed by atoms with E-state index in [0.29, 0.717) is 0 Å². The molecule has 8 aromatic rings. The van der Waals surface area contributed by atoms with Gasteiger partial charge in [-0.2, -0.15) is 0 Å². The maximum atomic E-state index is 6.80. The summed E-state index contributed by atoms with van der Waals surface area (Å²) in [6.07, 6.45) is 0. The highest BCUT2D eigenvalue weighted by Crippen LogP contribution is 2.62. The molecule has 1 aliphatic carbocycles. The Balaban J connectivity index is 1.26. The van der Waals surface area contributed by atoms with Gasteiger partial charge in [0, 0.05) is 32.3 Å². The van der Waals surface area contributed by atoms with Gasteiger partial charge in [0.1, 0.15) is 11.5 Å². The molecule has 0 N–H and O–H groups in total. The van der Waals surface area contributed by atoms with Crippen LogP contribution in [0.15, 0.2) is 146 Å². The van der Waals surface area contributed by atoms with Gasteiger partial charge in [0.05, 0.1) is 21.3 Å². The minimum Gasteiger partial charge on any atom is -0.457 e. The molecule has 0 atom stereocenters. The number of nitrogens with zero attached hydrogens (tertiary/aromatic N) is 2. The summed E-state index contributed by atoms with van der Waals surface area (Å²) in [7, 11) is 0. The summed E-state index contributed by atoms with van der Waals surface area (Å²) < 4.78 is 9.09. The van der Waals surface area contributed by atoms with Crippen LogP contribution >= 0.6 is 11.3 Å². The fourth-order valence-electron chi connectivity index (χ4n) is 7.51. The van der Waals surface area contributed by atoms with Crippen LogP contribution in [0.25, 0.3) is 54.1 Å². The molecule has 0 amide bonds. The van der Waals surface area contributed by atoms with Gasteiger partial charge in [-0.3, -0.25) is 0 Å². The molecule has 45 heavy (non-hydrogen) atoms. The van der Waals surface area contributed by atoms with E-state index < -0.39 is 5.41 Å². The van der Waals surface area contributed by atoms with Crippen molar-refractivity contribution < 1.29 is 4.74 Å². The van der Waals surface area contributed by atoms with Gasteiger partial charge in [-0.15, -0.1) is 11.3 Å². The van der Waals surface area contributed by atoms with Crippen LogP contribution in [-0.4, -0.2) is 9.97 Å². The first kappa shape index (κ1) is 24.8. The Morgan fingerprint density at radius 2 is 1.16 bits per heavy atom. The summed E-state index contributed by atoms with van der Waals surface area (Å²) in [5, 5.41) is 1.15. The second kappa shape index (κ2) is 9.21. The molecule has 210 valence electrons. The van der Waals surface area contributed by atoms with Gasteiger partial charge in [0.25, 0.3) is 0 Å². The van der Waals surface area contributed by atoms with Crippen LogP contribution in [0.2, 0.25) is 0 Å². The van der Waals surface area contributed by atoms with E-state index in [2.05, 4.69) is 127 Å². The molecule has 4 heteroatoms. The zero-order valence-corrected chi connectivity index (χ0v) is 24.9. The van der Waals surface area contributed by atoms with Crippen molar-refractivity contribution >= 4 is 31.6 Å². The Morgan fingerprint density at radius 1 is 0.511 bits per heavy atom. The molecule has 0 radical (unpaired) electrons. The summed E-state index contributed by atoms with van der Waals surface area (Å²) in [5.41, 5.74) is 10.9. The Morgan fingerprint density at radius 3 is 1.96 bits per heavy atom. The molecule has 10 rings (SSSR count). The average molecular weight is 593 g/mol. The molecule has 6 aromatic carbocycles. The number of rotatable bonds is 2. The molecule has 3 nitrogen and oxygen atoms in total. The fourth-order valence-corrected chi connectivity index (χ4v) is 8.66. The Bertz CT molecular complexity index is 2430. The summed E-state index contributed by atoms with van der Waals surface area (Å²) >= 11 is 1.75. The minimum atomic E-state index is -0.482. The molecule has 1 spiro atoms. The quantitative estimate of drug-likeness (QED) is 0.200. The molecule has 2 aliphatic rings. The Labute approximate surface area is 264 Å². The van der Waals surface area contributed by atoms with Crippen molar-refractivity contribution in [2.75, 3.05) is 0 Å². The number of para-hydroxylation sites is 1. The van der Waals surface area contributed by atoms with Crippen LogP contribution in [0.3, 0.4) is 0 Å². The van der Waals surface area contributed by atoms with Crippen molar-refractivity contribution in [1.29, 1.82) is 0 Å². The predicted octanol–water partition coefficient (Wildman–Crippen LogP) is 10.6. The fraction of sp³-hybridized carbons (Fsp3) is 0.0244. The van der Waals surface area contributed by atoms with Gasteiger partial charge in [-0.05, 0) is 40.5 Å². The number of thiophene rings is 1. The maximum Gasteiger partial charge on any atom is 0.160 e. The van der Waals surface area contributed by atoms with E-state index in [9.17, 15) is 0 Å². The van der Waals surface area contributed by atoms with Crippen LogP contribution in [0.5, 0.6) is 11.5 Å². The maximum absolute atomic E-state index is 6.80. The van der Waals surface area contributed by atoms with Crippen LogP contribution in [-0.2, 0) is 5.41 Å². The monoisotopic (exact) mass is 592 g/mol. The number of aromatic nitrogens is 2. The van der Waals surface area contributed by atoms with Gasteiger partial charge in [-0.1, -0.05) is 127 Å². The zero-order valence-electron chi connectivity index (χ0n) is 24.1. The van der Waals surface area contributed by atoms with Gasteiger partial charge in [0.2, 0.25) is 0 Å². The van der Waals surface area contributed by atoms with Gasteiger partial charge < -0.3 is 4.74 Å². The third-order valence-electron chi connectivity index (χ3n) is 9.37.